The van der Waals surface area contributed by atoms with Gasteiger partial charge in [0.05, 0.1) is 11.0 Å². The number of aromatic nitrogens is 2. The van der Waals surface area contributed by atoms with Gasteiger partial charge in [-0.3, -0.25) is 4.57 Å². The van der Waals surface area contributed by atoms with Gasteiger partial charge in [0.25, 0.3) is 0 Å². The first-order valence-corrected chi connectivity index (χ1v) is 22.0. The number of nitrogens with zero attached hydrogens (tertiary/aromatic N) is 2. The Balaban J connectivity index is 1.59. The summed E-state index contributed by atoms with van der Waals surface area (Å²) in [7, 11) is -5.26. The van der Waals surface area contributed by atoms with E-state index < -0.39 is 16.1 Å². The number of hydrogen-bond donors (Lipinski definition) is 0. The van der Waals surface area contributed by atoms with Gasteiger partial charge < -0.3 is 0 Å². The molecule has 0 fully saturated rings. The SMILES string of the molecule is C[Si](c1ccccc1)(c1ccccc1)c1cccc([Si](C)(c2ccccc2)c2ccccc2)c1-n1c(-c2ccccc2)nc2ccccc21. The Morgan fingerprint density at radius 1 is 0.388 bits per heavy atom. The zero-order valence-electron chi connectivity index (χ0n) is 27.9. The Labute approximate surface area is 291 Å². The molecule has 0 saturated carbocycles. The molecule has 0 radical (unpaired) electrons. The van der Waals surface area contributed by atoms with Crippen LogP contribution in [0.4, 0.5) is 0 Å². The summed E-state index contributed by atoms with van der Waals surface area (Å²) >= 11 is 0. The molecule has 0 aliphatic heterocycles. The average molecular weight is 663 g/mol. The van der Waals surface area contributed by atoms with Crippen molar-refractivity contribution in [3.05, 3.63) is 194 Å². The smallest absolute Gasteiger partial charge is 0.148 e. The molecule has 236 valence electrons. The van der Waals surface area contributed by atoms with Crippen LogP contribution in [-0.2, 0) is 0 Å². The van der Waals surface area contributed by atoms with E-state index in [1.54, 1.807) is 0 Å². The molecule has 0 unspecified atom stereocenters. The lowest BCUT2D eigenvalue weighted by molar-refractivity contribution is 1.12. The van der Waals surface area contributed by atoms with Crippen LogP contribution < -0.4 is 31.1 Å². The highest BCUT2D eigenvalue weighted by atomic mass is 28.3. The number of imidazole rings is 1. The van der Waals surface area contributed by atoms with E-state index in [2.05, 4.69) is 212 Å². The summed E-state index contributed by atoms with van der Waals surface area (Å²) in [6.45, 7) is 5.07. The second-order valence-corrected chi connectivity index (χ2v) is 20.9. The van der Waals surface area contributed by atoms with E-state index in [9.17, 15) is 0 Å². The van der Waals surface area contributed by atoms with Crippen LogP contribution in [0, 0.1) is 0 Å². The van der Waals surface area contributed by atoms with Crippen molar-refractivity contribution in [2.24, 2.45) is 0 Å². The van der Waals surface area contributed by atoms with Crippen molar-refractivity contribution in [2.45, 2.75) is 13.1 Å². The van der Waals surface area contributed by atoms with E-state index in [0.717, 1.165) is 22.4 Å². The molecular formula is C45H38N2Si2. The van der Waals surface area contributed by atoms with Crippen LogP contribution in [0.5, 0.6) is 0 Å². The lowest BCUT2D eigenvalue weighted by Crippen LogP contribution is -2.70. The van der Waals surface area contributed by atoms with E-state index in [1.165, 1.54) is 36.8 Å². The molecule has 4 heteroatoms. The normalized spacial score (nSPS) is 11.9. The van der Waals surface area contributed by atoms with Gasteiger partial charge in [0.1, 0.15) is 22.0 Å². The molecule has 1 aromatic heterocycles. The van der Waals surface area contributed by atoms with Crippen molar-refractivity contribution in [3.63, 3.8) is 0 Å². The molecule has 0 bridgehead atoms. The maximum Gasteiger partial charge on any atom is 0.148 e. The highest BCUT2D eigenvalue weighted by molar-refractivity contribution is 7.14. The average Bonchev–Trinajstić information content (AvgIpc) is 3.58. The summed E-state index contributed by atoms with van der Waals surface area (Å²) in [5.41, 5.74) is 4.47. The van der Waals surface area contributed by atoms with Gasteiger partial charge in [0.2, 0.25) is 0 Å². The molecule has 0 spiro atoms. The van der Waals surface area contributed by atoms with Crippen molar-refractivity contribution in [3.8, 4) is 17.1 Å². The highest BCUT2D eigenvalue weighted by Gasteiger charge is 2.42. The summed E-state index contributed by atoms with van der Waals surface area (Å²) in [4.78, 5) is 5.39. The molecule has 0 aliphatic carbocycles. The third kappa shape index (κ3) is 5.21. The molecule has 7 aromatic carbocycles. The number of rotatable bonds is 8. The molecule has 0 amide bonds. The van der Waals surface area contributed by atoms with Crippen LogP contribution in [0.2, 0.25) is 13.1 Å². The molecule has 2 nitrogen and oxygen atoms in total. The van der Waals surface area contributed by atoms with Crippen molar-refractivity contribution in [2.75, 3.05) is 0 Å². The van der Waals surface area contributed by atoms with E-state index in [-0.39, 0.29) is 0 Å². The lowest BCUT2D eigenvalue weighted by atomic mass is 10.2. The number of para-hydroxylation sites is 3. The first-order valence-electron chi connectivity index (χ1n) is 17.0. The second-order valence-electron chi connectivity index (χ2n) is 13.0. The summed E-state index contributed by atoms with van der Waals surface area (Å²) < 4.78 is 2.50. The summed E-state index contributed by atoms with van der Waals surface area (Å²) in [5.74, 6) is 0.963. The van der Waals surface area contributed by atoms with Crippen LogP contribution in [-0.4, -0.2) is 25.7 Å². The van der Waals surface area contributed by atoms with E-state index in [1.807, 2.05) is 0 Å². The van der Waals surface area contributed by atoms with Gasteiger partial charge in [0, 0.05) is 11.3 Å². The minimum atomic E-state index is -2.63. The monoisotopic (exact) mass is 662 g/mol. The second kappa shape index (κ2) is 12.8. The highest BCUT2D eigenvalue weighted by Crippen LogP contribution is 2.29. The van der Waals surface area contributed by atoms with Crippen molar-refractivity contribution in [1.82, 2.24) is 9.55 Å². The van der Waals surface area contributed by atoms with Crippen molar-refractivity contribution >= 4 is 58.3 Å². The zero-order chi connectivity index (χ0) is 33.3. The lowest BCUT2D eigenvalue weighted by Gasteiger charge is -2.37. The fourth-order valence-corrected chi connectivity index (χ4v) is 15.4. The maximum absolute atomic E-state index is 5.39. The van der Waals surface area contributed by atoms with Gasteiger partial charge >= 0.3 is 0 Å². The van der Waals surface area contributed by atoms with Gasteiger partial charge in [-0.15, -0.1) is 0 Å². The first-order chi connectivity index (χ1) is 24.1. The fourth-order valence-electron chi connectivity index (χ4n) is 7.67. The minimum absolute atomic E-state index is 0.963. The molecule has 8 aromatic rings. The summed E-state index contributed by atoms with van der Waals surface area (Å²) in [6.07, 6.45) is 0. The van der Waals surface area contributed by atoms with Crippen molar-refractivity contribution in [1.29, 1.82) is 0 Å². The predicted molar refractivity (Wildman–Crippen MR) is 213 cm³/mol. The fraction of sp³-hybridized carbons (Fsp3) is 0.0444. The minimum Gasteiger partial charge on any atom is -0.293 e. The Bertz CT molecular complexity index is 2150. The summed E-state index contributed by atoms with van der Waals surface area (Å²) in [6, 6.07) is 71.3. The van der Waals surface area contributed by atoms with Crippen LogP contribution in [0.15, 0.2) is 194 Å². The Hall–Kier alpha value is -5.56. The van der Waals surface area contributed by atoms with Crippen molar-refractivity contribution < 1.29 is 0 Å². The molecular weight excluding hydrogens is 625 g/mol. The third-order valence-corrected chi connectivity index (χ3v) is 19.2. The van der Waals surface area contributed by atoms with E-state index in [4.69, 9.17) is 4.98 Å². The molecule has 0 N–H and O–H groups in total. The van der Waals surface area contributed by atoms with E-state index in [0.29, 0.717) is 0 Å². The molecule has 0 saturated heterocycles. The number of fused-ring (bicyclic) bond motifs is 1. The van der Waals surface area contributed by atoms with Gasteiger partial charge in [-0.2, -0.15) is 0 Å². The Kier molecular flexibility index (Phi) is 8.04. The van der Waals surface area contributed by atoms with Gasteiger partial charge in [-0.05, 0) is 43.3 Å². The largest absolute Gasteiger partial charge is 0.293 e. The predicted octanol–water partition coefficient (Wildman–Crippen LogP) is 6.89. The molecule has 1 heterocycles. The molecule has 8 rings (SSSR count). The first kappa shape index (κ1) is 30.8. The van der Waals surface area contributed by atoms with Gasteiger partial charge in [-0.25, -0.2) is 4.98 Å². The zero-order valence-corrected chi connectivity index (χ0v) is 29.9. The number of hydrogen-bond acceptors (Lipinski definition) is 1. The maximum atomic E-state index is 5.39. The van der Waals surface area contributed by atoms with Crippen LogP contribution in [0.1, 0.15) is 0 Å². The topological polar surface area (TPSA) is 17.8 Å². The van der Waals surface area contributed by atoms with Gasteiger partial charge in [-0.1, -0.05) is 195 Å². The van der Waals surface area contributed by atoms with Crippen LogP contribution >= 0.6 is 0 Å². The summed E-state index contributed by atoms with van der Waals surface area (Å²) in [5, 5.41) is 8.30. The Morgan fingerprint density at radius 2 is 0.755 bits per heavy atom. The Morgan fingerprint density at radius 3 is 1.18 bits per heavy atom. The van der Waals surface area contributed by atoms with Gasteiger partial charge in [0.15, 0.2) is 0 Å². The molecule has 0 aliphatic rings. The molecule has 49 heavy (non-hydrogen) atoms. The van der Waals surface area contributed by atoms with Crippen LogP contribution in [0.3, 0.4) is 0 Å². The third-order valence-electron chi connectivity index (χ3n) is 10.3. The molecule has 0 atom stereocenters. The van der Waals surface area contributed by atoms with E-state index >= 15 is 0 Å². The van der Waals surface area contributed by atoms with Crippen LogP contribution in [0.25, 0.3) is 28.1 Å². The number of benzene rings is 7. The standard InChI is InChI=1S/C45H38N2Si2/c1-48(36-23-10-4-11-24-36,37-25-12-5-13-26-37)42-33-20-34-43(49(2,38-27-14-6-15-28-38)39-29-16-7-17-30-39)44(42)47-41-32-19-18-31-40(41)46-45(47)35-21-8-3-9-22-35/h3-34H,1-2H3. The quantitative estimate of drug-likeness (QED) is 0.128.